The highest BCUT2D eigenvalue weighted by Gasteiger charge is 2.29. The molecule has 1 aromatic heterocycles. The monoisotopic (exact) mass is 216 g/mol. The van der Waals surface area contributed by atoms with Crippen molar-refractivity contribution in [3.63, 3.8) is 0 Å². The van der Waals surface area contributed by atoms with Gasteiger partial charge in [0, 0.05) is 5.92 Å². The first-order chi connectivity index (χ1) is 5.27. The van der Waals surface area contributed by atoms with Crippen LogP contribution in [0.5, 0.6) is 0 Å². The van der Waals surface area contributed by atoms with Crippen molar-refractivity contribution in [2.75, 3.05) is 0 Å². The van der Waals surface area contributed by atoms with E-state index in [4.69, 9.17) is 4.52 Å². The van der Waals surface area contributed by atoms with Crippen molar-refractivity contribution in [3.8, 4) is 0 Å². The maximum atomic E-state index is 5.02. The molecule has 1 aliphatic carbocycles. The maximum absolute atomic E-state index is 5.02. The van der Waals surface area contributed by atoms with Crippen molar-refractivity contribution >= 4 is 15.9 Å². The molecule has 60 valence electrons. The molecule has 0 radical (unpaired) electrons. The molecule has 1 atom stereocenters. The first-order valence-electron chi connectivity index (χ1n) is 3.75. The molecule has 0 aliphatic heterocycles. The number of halogens is 1. The van der Waals surface area contributed by atoms with Crippen LogP contribution in [0.25, 0.3) is 0 Å². The van der Waals surface area contributed by atoms with E-state index in [2.05, 4.69) is 26.1 Å². The Morgan fingerprint density at radius 2 is 2.36 bits per heavy atom. The molecule has 1 unspecified atom stereocenters. The fourth-order valence-electron chi connectivity index (χ4n) is 0.916. The topological polar surface area (TPSA) is 38.9 Å². The van der Waals surface area contributed by atoms with Crippen LogP contribution >= 0.6 is 15.9 Å². The minimum absolute atomic E-state index is 0.169. The number of nitrogens with zero attached hydrogens (tertiary/aromatic N) is 2. The largest absolute Gasteiger partial charge is 0.338 e. The van der Waals surface area contributed by atoms with Gasteiger partial charge in [-0.3, -0.25) is 0 Å². The maximum Gasteiger partial charge on any atom is 0.240 e. The van der Waals surface area contributed by atoms with Crippen molar-refractivity contribution in [3.05, 3.63) is 11.7 Å². The third kappa shape index (κ3) is 1.45. The summed E-state index contributed by atoms with van der Waals surface area (Å²) in [6.07, 6.45) is 2.44. The lowest BCUT2D eigenvalue weighted by Crippen LogP contribution is -1.85. The Morgan fingerprint density at radius 1 is 1.64 bits per heavy atom. The van der Waals surface area contributed by atoms with Gasteiger partial charge in [-0.15, -0.1) is 0 Å². The summed E-state index contributed by atoms with van der Waals surface area (Å²) >= 11 is 3.37. The lowest BCUT2D eigenvalue weighted by molar-refractivity contribution is 0.376. The van der Waals surface area contributed by atoms with E-state index in [0.717, 1.165) is 5.82 Å². The minimum Gasteiger partial charge on any atom is -0.338 e. The first-order valence-corrected chi connectivity index (χ1v) is 4.66. The summed E-state index contributed by atoms with van der Waals surface area (Å²) in [6, 6.07) is 0. The number of hydrogen-bond donors (Lipinski definition) is 0. The van der Waals surface area contributed by atoms with Crippen LogP contribution in [0.15, 0.2) is 4.52 Å². The van der Waals surface area contributed by atoms with Gasteiger partial charge in [0.25, 0.3) is 0 Å². The molecule has 4 heteroatoms. The fraction of sp³-hybridized carbons (Fsp3) is 0.714. The summed E-state index contributed by atoms with van der Waals surface area (Å²) < 4.78 is 5.02. The van der Waals surface area contributed by atoms with E-state index in [1.54, 1.807) is 0 Å². The quantitative estimate of drug-likeness (QED) is 0.714. The Labute approximate surface area is 73.3 Å². The second-order valence-electron chi connectivity index (χ2n) is 2.88. The lowest BCUT2D eigenvalue weighted by atomic mass is 10.4. The van der Waals surface area contributed by atoms with Crippen molar-refractivity contribution in [2.45, 2.75) is 30.5 Å². The average molecular weight is 217 g/mol. The van der Waals surface area contributed by atoms with Gasteiger partial charge in [0.1, 0.15) is 0 Å². The van der Waals surface area contributed by atoms with Gasteiger partial charge >= 0.3 is 0 Å². The highest BCUT2D eigenvalue weighted by Crippen LogP contribution is 2.38. The van der Waals surface area contributed by atoms with Crippen LogP contribution < -0.4 is 0 Å². The third-order valence-electron chi connectivity index (χ3n) is 1.74. The van der Waals surface area contributed by atoms with Gasteiger partial charge in [-0.25, -0.2) is 0 Å². The molecule has 1 saturated carbocycles. The Balaban J connectivity index is 2.18. The van der Waals surface area contributed by atoms with Crippen LogP contribution in [0.2, 0.25) is 0 Å². The van der Waals surface area contributed by atoms with E-state index in [1.165, 1.54) is 12.8 Å². The SMILES string of the molecule is CC(Br)c1nc(C2CC2)no1. The highest BCUT2D eigenvalue weighted by molar-refractivity contribution is 9.09. The number of hydrogen-bond acceptors (Lipinski definition) is 3. The van der Waals surface area contributed by atoms with Gasteiger partial charge in [-0.1, -0.05) is 21.1 Å². The molecule has 0 bridgehead atoms. The van der Waals surface area contributed by atoms with Crippen LogP contribution in [-0.2, 0) is 0 Å². The second-order valence-corrected chi connectivity index (χ2v) is 4.25. The van der Waals surface area contributed by atoms with Crippen LogP contribution in [-0.4, -0.2) is 10.1 Å². The van der Waals surface area contributed by atoms with Crippen molar-refractivity contribution in [1.82, 2.24) is 10.1 Å². The normalized spacial score (nSPS) is 20.2. The molecule has 0 N–H and O–H groups in total. The summed E-state index contributed by atoms with van der Waals surface area (Å²) in [5, 5.41) is 3.88. The molecule has 0 amide bonds. The van der Waals surface area contributed by atoms with Crippen LogP contribution in [0, 0.1) is 0 Å². The van der Waals surface area contributed by atoms with Crippen molar-refractivity contribution < 1.29 is 4.52 Å². The molecule has 1 aromatic rings. The third-order valence-corrected chi connectivity index (χ3v) is 2.13. The van der Waals surface area contributed by atoms with E-state index in [0.29, 0.717) is 11.8 Å². The predicted molar refractivity (Wildman–Crippen MR) is 43.6 cm³/mol. The Bertz CT molecular complexity index is 238. The molecule has 11 heavy (non-hydrogen) atoms. The van der Waals surface area contributed by atoms with Crippen LogP contribution in [0.1, 0.15) is 42.2 Å². The molecule has 3 nitrogen and oxygen atoms in total. The van der Waals surface area contributed by atoms with E-state index in [-0.39, 0.29) is 4.83 Å². The fourth-order valence-corrected chi connectivity index (χ4v) is 1.10. The van der Waals surface area contributed by atoms with Crippen LogP contribution in [0.3, 0.4) is 0 Å². The summed E-state index contributed by atoms with van der Waals surface area (Å²) in [5.74, 6) is 2.15. The molecule has 0 spiro atoms. The Kier molecular flexibility index (Phi) is 1.71. The van der Waals surface area contributed by atoms with Gasteiger partial charge < -0.3 is 4.52 Å². The second kappa shape index (κ2) is 2.59. The number of rotatable bonds is 2. The molecule has 2 rings (SSSR count). The molecular formula is C7H9BrN2O. The van der Waals surface area contributed by atoms with E-state index >= 15 is 0 Å². The number of alkyl halides is 1. The number of aromatic nitrogens is 2. The molecule has 0 saturated heterocycles. The van der Waals surface area contributed by atoms with Gasteiger partial charge in [0.15, 0.2) is 5.82 Å². The molecule has 1 aliphatic rings. The molecular weight excluding hydrogens is 208 g/mol. The van der Waals surface area contributed by atoms with Gasteiger partial charge in [-0.05, 0) is 19.8 Å². The van der Waals surface area contributed by atoms with Gasteiger partial charge in [-0.2, -0.15) is 4.98 Å². The summed E-state index contributed by atoms with van der Waals surface area (Å²) in [5.41, 5.74) is 0. The summed E-state index contributed by atoms with van der Waals surface area (Å²) in [4.78, 5) is 4.42. The zero-order valence-corrected chi connectivity index (χ0v) is 7.84. The van der Waals surface area contributed by atoms with E-state index < -0.39 is 0 Å². The van der Waals surface area contributed by atoms with Crippen LogP contribution in [0.4, 0.5) is 0 Å². The van der Waals surface area contributed by atoms with Gasteiger partial charge in [0.05, 0.1) is 4.83 Å². The first kappa shape index (κ1) is 7.28. The minimum atomic E-state index is 0.169. The zero-order valence-electron chi connectivity index (χ0n) is 6.25. The van der Waals surface area contributed by atoms with E-state index in [1.807, 2.05) is 6.92 Å². The zero-order chi connectivity index (χ0) is 7.84. The molecule has 1 heterocycles. The average Bonchev–Trinajstić information content (AvgIpc) is 2.68. The summed E-state index contributed by atoms with van der Waals surface area (Å²) in [6.45, 7) is 1.98. The van der Waals surface area contributed by atoms with Crippen molar-refractivity contribution in [1.29, 1.82) is 0 Å². The standard InChI is InChI=1S/C7H9BrN2O/c1-4(8)7-9-6(10-11-7)5-2-3-5/h4-5H,2-3H2,1H3. The molecule has 0 aromatic carbocycles. The van der Waals surface area contributed by atoms with E-state index in [9.17, 15) is 0 Å². The Morgan fingerprint density at radius 3 is 2.82 bits per heavy atom. The van der Waals surface area contributed by atoms with Gasteiger partial charge in [0.2, 0.25) is 5.89 Å². The van der Waals surface area contributed by atoms with Crippen molar-refractivity contribution in [2.24, 2.45) is 0 Å². The predicted octanol–water partition coefficient (Wildman–Crippen LogP) is 2.40. The lowest BCUT2D eigenvalue weighted by Gasteiger charge is -1.89. The Hall–Kier alpha value is -0.380. The highest BCUT2D eigenvalue weighted by atomic mass is 79.9. The summed E-state index contributed by atoms with van der Waals surface area (Å²) in [7, 11) is 0. The smallest absolute Gasteiger partial charge is 0.240 e. The molecule has 1 fully saturated rings.